The normalized spacial score (nSPS) is 21.4. The maximum absolute atomic E-state index is 12.1. The molecule has 2 heterocycles. The highest BCUT2D eigenvalue weighted by Gasteiger charge is 2.21. The van der Waals surface area contributed by atoms with E-state index in [1.807, 2.05) is 4.90 Å². The van der Waals surface area contributed by atoms with Gasteiger partial charge in [0.05, 0.1) is 5.75 Å². The summed E-state index contributed by atoms with van der Waals surface area (Å²) in [5.41, 5.74) is 0. The van der Waals surface area contributed by atoms with E-state index >= 15 is 0 Å². The summed E-state index contributed by atoms with van der Waals surface area (Å²) in [6.07, 6.45) is 4.76. The molecule has 3 nitrogen and oxygen atoms in total. The van der Waals surface area contributed by atoms with E-state index in [4.69, 9.17) is 12.2 Å². The second-order valence-corrected chi connectivity index (χ2v) is 6.92. The van der Waals surface area contributed by atoms with Crippen molar-refractivity contribution in [3.8, 4) is 0 Å². The van der Waals surface area contributed by atoms with Crippen LogP contribution in [0.4, 0.5) is 0 Å². The van der Waals surface area contributed by atoms with Crippen LogP contribution >= 0.6 is 24.0 Å². The van der Waals surface area contributed by atoms with Gasteiger partial charge in [-0.3, -0.25) is 4.79 Å². The van der Waals surface area contributed by atoms with Gasteiger partial charge in [-0.25, -0.2) is 0 Å². The molecule has 1 amide bonds. The maximum atomic E-state index is 12.1. The Morgan fingerprint density at radius 3 is 2.39 bits per heavy atom. The summed E-state index contributed by atoms with van der Waals surface area (Å²) in [6.45, 7) is 6.26. The molecule has 2 fully saturated rings. The molecule has 2 saturated heterocycles. The van der Waals surface area contributed by atoms with E-state index in [9.17, 15) is 4.79 Å². The number of thioether (sulfide) groups is 1. The molecule has 0 radical (unpaired) electrons. The fourth-order valence-electron chi connectivity index (χ4n) is 2.46. The predicted octanol–water partition coefficient (Wildman–Crippen LogP) is 2.36. The summed E-state index contributed by atoms with van der Waals surface area (Å²) in [4.78, 5) is 16.3. The van der Waals surface area contributed by atoms with Crippen LogP contribution in [0.5, 0.6) is 0 Å². The zero-order valence-electron chi connectivity index (χ0n) is 11.1. The number of hydrogen-bond donors (Lipinski definition) is 0. The van der Waals surface area contributed by atoms with Crippen LogP contribution < -0.4 is 0 Å². The quantitative estimate of drug-likeness (QED) is 0.727. The topological polar surface area (TPSA) is 23.6 Å². The van der Waals surface area contributed by atoms with Crippen LogP contribution in [-0.2, 0) is 4.79 Å². The lowest BCUT2D eigenvalue weighted by Gasteiger charge is -2.30. The van der Waals surface area contributed by atoms with E-state index in [1.54, 1.807) is 11.8 Å². The Kier molecular flexibility index (Phi) is 5.30. The molecule has 102 valence electrons. The Balaban J connectivity index is 1.69. The van der Waals surface area contributed by atoms with Crippen LogP contribution in [0.15, 0.2) is 0 Å². The molecule has 0 atom stereocenters. The number of likely N-dealkylation sites (tertiary alicyclic amines) is 2. The van der Waals surface area contributed by atoms with Gasteiger partial charge >= 0.3 is 0 Å². The van der Waals surface area contributed by atoms with Gasteiger partial charge in [0.15, 0.2) is 0 Å². The first-order chi connectivity index (χ1) is 8.66. The first-order valence-corrected chi connectivity index (χ1v) is 8.25. The van der Waals surface area contributed by atoms with E-state index in [1.165, 1.54) is 12.8 Å². The fourth-order valence-corrected chi connectivity index (χ4v) is 3.62. The van der Waals surface area contributed by atoms with Crippen LogP contribution in [0, 0.1) is 5.92 Å². The number of hydrogen-bond acceptors (Lipinski definition) is 3. The fraction of sp³-hybridized carbons (Fsp3) is 0.846. The Hall–Kier alpha value is -0.290. The maximum Gasteiger partial charge on any atom is 0.233 e. The zero-order valence-corrected chi connectivity index (χ0v) is 12.7. The number of carbonyl (C=O) groups excluding carboxylic acids is 1. The third-order valence-electron chi connectivity index (χ3n) is 3.82. The second kappa shape index (κ2) is 6.75. The van der Waals surface area contributed by atoms with Gasteiger partial charge in [-0.2, -0.15) is 0 Å². The van der Waals surface area contributed by atoms with Gasteiger partial charge in [0, 0.05) is 26.2 Å². The first kappa shape index (κ1) is 14.1. The highest BCUT2D eigenvalue weighted by molar-refractivity contribution is 8.23. The predicted molar refractivity (Wildman–Crippen MR) is 80.8 cm³/mol. The van der Waals surface area contributed by atoms with Crippen LogP contribution in [0.1, 0.15) is 32.6 Å². The molecule has 0 aromatic carbocycles. The molecule has 0 aromatic rings. The van der Waals surface area contributed by atoms with Gasteiger partial charge in [-0.15, -0.1) is 0 Å². The minimum absolute atomic E-state index is 0.258. The minimum Gasteiger partial charge on any atom is -0.358 e. The molecule has 2 aliphatic heterocycles. The molecule has 0 spiro atoms. The van der Waals surface area contributed by atoms with Gasteiger partial charge in [-0.05, 0) is 31.6 Å². The van der Waals surface area contributed by atoms with Gasteiger partial charge in [0.25, 0.3) is 0 Å². The average molecular weight is 286 g/mol. The standard InChI is InChI=1S/C13H22N2OS2/c1-11-4-8-14(9-5-11)12(16)10-18-13(17)15-6-2-3-7-15/h11H,2-10H2,1H3. The SMILES string of the molecule is CC1CCN(C(=O)CSC(=S)N2CCCC2)CC1. The third kappa shape index (κ3) is 3.85. The third-order valence-corrected chi connectivity index (χ3v) is 5.33. The molecule has 18 heavy (non-hydrogen) atoms. The molecular formula is C13H22N2OS2. The highest BCUT2D eigenvalue weighted by atomic mass is 32.2. The highest BCUT2D eigenvalue weighted by Crippen LogP contribution is 2.19. The number of rotatable bonds is 2. The van der Waals surface area contributed by atoms with Crippen molar-refractivity contribution >= 4 is 34.2 Å². The Bertz CT molecular complexity index is 308. The van der Waals surface area contributed by atoms with Crippen molar-refractivity contribution in [1.29, 1.82) is 0 Å². The van der Waals surface area contributed by atoms with E-state index in [0.29, 0.717) is 5.75 Å². The Labute approximate surface area is 119 Å². The second-order valence-electron chi connectivity index (χ2n) is 5.31. The molecule has 5 heteroatoms. The van der Waals surface area contributed by atoms with Crippen molar-refractivity contribution in [3.05, 3.63) is 0 Å². The lowest BCUT2D eigenvalue weighted by molar-refractivity contribution is -0.129. The van der Waals surface area contributed by atoms with Crippen LogP contribution in [0.25, 0.3) is 0 Å². The van der Waals surface area contributed by atoms with E-state index in [-0.39, 0.29) is 5.91 Å². The minimum atomic E-state index is 0.258. The van der Waals surface area contributed by atoms with Gasteiger partial charge < -0.3 is 9.80 Å². The molecule has 0 bridgehead atoms. The lowest BCUT2D eigenvalue weighted by atomic mass is 9.99. The number of carbonyl (C=O) groups is 1. The van der Waals surface area contributed by atoms with Crippen molar-refractivity contribution in [2.75, 3.05) is 31.9 Å². The average Bonchev–Trinajstić information content (AvgIpc) is 2.90. The molecule has 0 aromatic heterocycles. The monoisotopic (exact) mass is 286 g/mol. The molecule has 0 unspecified atom stereocenters. The summed E-state index contributed by atoms with van der Waals surface area (Å²) in [5, 5.41) is 0. The number of thiocarbonyl (C=S) groups is 1. The van der Waals surface area contributed by atoms with Crippen LogP contribution in [-0.4, -0.2) is 52.0 Å². The van der Waals surface area contributed by atoms with Crippen molar-refractivity contribution < 1.29 is 4.79 Å². The Morgan fingerprint density at radius 1 is 1.17 bits per heavy atom. The summed E-state index contributed by atoms with van der Waals surface area (Å²) in [6, 6.07) is 0. The summed E-state index contributed by atoms with van der Waals surface area (Å²) >= 11 is 6.91. The number of amides is 1. The summed E-state index contributed by atoms with van der Waals surface area (Å²) < 4.78 is 0.909. The van der Waals surface area contributed by atoms with Crippen molar-refractivity contribution in [2.24, 2.45) is 5.92 Å². The molecule has 2 rings (SSSR count). The van der Waals surface area contributed by atoms with Gasteiger partial charge in [-0.1, -0.05) is 30.9 Å². The lowest BCUT2D eigenvalue weighted by Crippen LogP contribution is -2.39. The van der Waals surface area contributed by atoms with Crippen molar-refractivity contribution in [3.63, 3.8) is 0 Å². The molecule has 0 aliphatic carbocycles. The molecule has 0 saturated carbocycles. The molecule has 0 N–H and O–H groups in total. The summed E-state index contributed by atoms with van der Waals surface area (Å²) in [7, 11) is 0. The van der Waals surface area contributed by atoms with E-state index < -0.39 is 0 Å². The number of piperidine rings is 1. The number of nitrogens with zero attached hydrogens (tertiary/aromatic N) is 2. The van der Waals surface area contributed by atoms with E-state index in [2.05, 4.69) is 11.8 Å². The summed E-state index contributed by atoms with van der Waals surface area (Å²) in [5.74, 6) is 1.55. The van der Waals surface area contributed by atoms with Crippen molar-refractivity contribution in [1.82, 2.24) is 9.80 Å². The Morgan fingerprint density at radius 2 is 1.78 bits per heavy atom. The largest absolute Gasteiger partial charge is 0.358 e. The zero-order chi connectivity index (χ0) is 13.0. The van der Waals surface area contributed by atoms with Crippen LogP contribution in [0.2, 0.25) is 0 Å². The smallest absolute Gasteiger partial charge is 0.233 e. The van der Waals surface area contributed by atoms with Gasteiger partial charge in [0.2, 0.25) is 5.91 Å². The van der Waals surface area contributed by atoms with Crippen molar-refractivity contribution in [2.45, 2.75) is 32.6 Å². The first-order valence-electron chi connectivity index (χ1n) is 6.86. The van der Waals surface area contributed by atoms with E-state index in [0.717, 1.165) is 49.3 Å². The molecular weight excluding hydrogens is 264 g/mol. The van der Waals surface area contributed by atoms with Gasteiger partial charge in [0.1, 0.15) is 4.32 Å². The molecule has 2 aliphatic rings. The van der Waals surface area contributed by atoms with Crippen LogP contribution in [0.3, 0.4) is 0 Å².